The van der Waals surface area contributed by atoms with Crippen molar-refractivity contribution in [3.05, 3.63) is 0 Å². The van der Waals surface area contributed by atoms with Gasteiger partial charge < -0.3 is 16.4 Å². The molecule has 1 aliphatic rings. The molecule has 0 aromatic carbocycles. The molecule has 5 heteroatoms. The summed E-state index contributed by atoms with van der Waals surface area (Å²) < 4.78 is 0. The summed E-state index contributed by atoms with van der Waals surface area (Å²) in [5.41, 5.74) is 5.55. The maximum atomic E-state index is 5.55. The predicted octanol–water partition coefficient (Wildman–Crippen LogP) is -1.63. The average molecular weight is 229 g/mol. The van der Waals surface area contributed by atoms with Gasteiger partial charge in [-0.05, 0) is 7.05 Å². The van der Waals surface area contributed by atoms with E-state index in [4.69, 9.17) is 5.73 Å². The van der Waals surface area contributed by atoms with Crippen LogP contribution in [-0.2, 0) is 0 Å². The maximum absolute atomic E-state index is 5.55. The van der Waals surface area contributed by atoms with Gasteiger partial charge in [0.15, 0.2) is 0 Å². The van der Waals surface area contributed by atoms with E-state index in [9.17, 15) is 0 Å². The second-order valence-electron chi connectivity index (χ2n) is 4.33. The number of piperazine rings is 1. The molecule has 5 nitrogen and oxygen atoms in total. The Morgan fingerprint density at radius 2 is 1.56 bits per heavy atom. The minimum atomic E-state index is 0.783. The highest BCUT2D eigenvalue weighted by molar-refractivity contribution is 4.72. The van der Waals surface area contributed by atoms with E-state index in [1.807, 2.05) is 7.05 Å². The van der Waals surface area contributed by atoms with Crippen molar-refractivity contribution in [1.29, 1.82) is 0 Å². The highest BCUT2D eigenvalue weighted by Gasteiger charge is 2.14. The molecule has 1 saturated heterocycles. The van der Waals surface area contributed by atoms with Gasteiger partial charge in [0.25, 0.3) is 0 Å². The Morgan fingerprint density at radius 1 is 0.938 bits per heavy atom. The van der Waals surface area contributed by atoms with Crippen LogP contribution < -0.4 is 16.4 Å². The number of nitrogens with two attached hydrogens (primary N) is 1. The summed E-state index contributed by atoms with van der Waals surface area (Å²) in [5, 5.41) is 6.56. The van der Waals surface area contributed by atoms with E-state index in [1.54, 1.807) is 0 Å². The number of likely N-dealkylation sites (N-methyl/N-ethyl adjacent to an activating group) is 1. The van der Waals surface area contributed by atoms with Crippen molar-refractivity contribution in [3.8, 4) is 0 Å². The lowest BCUT2D eigenvalue weighted by Gasteiger charge is -2.34. The lowest BCUT2D eigenvalue weighted by atomic mass is 10.3. The Kier molecular flexibility index (Phi) is 7.71. The average Bonchev–Trinajstić information content (AvgIpc) is 2.31. The molecule has 0 aliphatic carbocycles. The normalized spacial score (nSPS) is 19.1. The summed E-state index contributed by atoms with van der Waals surface area (Å²) in [6.07, 6.45) is 0. The van der Waals surface area contributed by atoms with Crippen LogP contribution in [0.1, 0.15) is 0 Å². The molecule has 4 N–H and O–H groups in total. The van der Waals surface area contributed by atoms with Crippen LogP contribution in [0.25, 0.3) is 0 Å². The van der Waals surface area contributed by atoms with E-state index in [0.29, 0.717) is 0 Å². The Labute approximate surface area is 99.3 Å². The molecule has 16 heavy (non-hydrogen) atoms. The third kappa shape index (κ3) is 5.77. The zero-order valence-electron chi connectivity index (χ0n) is 10.5. The van der Waals surface area contributed by atoms with Gasteiger partial charge in [-0.15, -0.1) is 0 Å². The highest BCUT2D eigenvalue weighted by atomic mass is 15.3. The van der Waals surface area contributed by atoms with Crippen LogP contribution in [-0.4, -0.2) is 82.3 Å². The summed E-state index contributed by atoms with van der Waals surface area (Å²) in [5.74, 6) is 0. The molecule has 1 fully saturated rings. The van der Waals surface area contributed by atoms with Gasteiger partial charge >= 0.3 is 0 Å². The van der Waals surface area contributed by atoms with Crippen molar-refractivity contribution in [3.63, 3.8) is 0 Å². The molecular weight excluding hydrogens is 202 g/mol. The van der Waals surface area contributed by atoms with Crippen molar-refractivity contribution < 1.29 is 0 Å². The molecule has 0 unspecified atom stereocenters. The fraction of sp³-hybridized carbons (Fsp3) is 1.00. The largest absolute Gasteiger partial charge is 0.329 e. The molecule has 1 heterocycles. The highest BCUT2D eigenvalue weighted by Crippen LogP contribution is 1.99. The predicted molar refractivity (Wildman–Crippen MR) is 68.7 cm³/mol. The molecule has 1 rings (SSSR count). The van der Waals surface area contributed by atoms with Crippen LogP contribution in [0.4, 0.5) is 0 Å². The standard InChI is InChI=1S/C11H27N5/c1-13-3-4-14-5-7-16-10-8-15(6-2-12)9-11-16/h13-14H,2-12H2,1H3. The minimum Gasteiger partial charge on any atom is -0.329 e. The molecule has 96 valence electrons. The lowest BCUT2D eigenvalue weighted by Crippen LogP contribution is -2.49. The number of rotatable bonds is 8. The second kappa shape index (κ2) is 8.90. The lowest BCUT2D eigenvalue weighted by molar-refractivity contribution is 0.136. The minimum absolute atomic E-state index is 0.783. The monoisotopic (exact) mass is 229 g/mol. The fourth-order valence-corrected chi connectivity index (χ4v) is 1.99. The number of nitrogens with one attached hydrogen (secondary N) is 2. The summed E-state index contributed by atoms with van der Waals surface area (Å²) in [6.45, 7) is 10.9. The number of hydrogen-bond acceptors (Lipinski definition) is 5. The molecule has 0 atom stereocenters. The first-order chi connectivity index (χ1) is 7.86. The summed E-state index contributed by atoms with van der Waals surface area (Å²) in [4.78, 5) is 4.98. The van der Waals surface area contributed by atoms with Gasteiger partial charge in [0.1, 0.15) is 0 Å². The Morgan fingerprint density at radius 3 is 2.12 bits per heavy atom. The van der Waals surface area contributed by atoms with E-state index in [2.05, 4.69) is 20.4 Å². The molecule has 0 aromatic heterocycles. The van der Waals surface area contributed by atoms with Gasteiger partial charge in [0.2, 0.25) is 0 Å². The molecule has 0 aromatic rings. The Balaban J connectivity index is 1.95. The number of nitrogens with zero attached hydrogens (tertiary/aromatic N) is 2. The summed E-state index contributed by atoms with van der Waals surface area (Å²) >= 11 is 0. The third-order valence-corrected chi connectivity index (χ3v) is 3.07. The Hall–Kier alpha value is -0.200. The van der Waals surface area contributed by atoms with Crippen molar-refractivity contribution in [1.82, 2.24) is 20.4 Å². The molecule has 1 aliphatic heterocycles. The van der Waals surface area contributed by atoms with E-state index >= 15 is 0 Å². The van der Waals surface area contributed by atoms with Gasteiger partial charge in [-0.3, -0.25) is 9.80 Å². The van der Waals surface area contributed by atoms with Crippen LogP contribution in [0.5, 0.6) is 0 Å². The van der Waals surface area contributed by atoms with Crippen LogP contribution in [0.15, 0.2) is 0 Å². The van der Waals surface area contributed by atoms with Gasteiger partial charge in [-0.1, -0.05) is 0 Å². The van der Waals surface area contributed by atoms with Gasteiger partial charge in [0, 0.05) is 65.4 Å². The topological polar surface area (TPSA) is 56.6 Å². The van der Waals surface area contributed by atoms with E-state index in [0.717, 1.165) is 32.7 Å². The van der Waals surface area contributed by atoms with Crippen LogP contribution in [0.2, 0.25) is 0 Å². The second-order valence-corrected chi connectivity index (χ2v) is 4.33. The smallest absolute Gasteiger partial charge is 0.0110 e. The van der Waals surface area contributed by atoms with Crippen LogP contribution >= 0.6 is 0 Å². The zero-order valence-corrected chi connectivity index (χ0v) is 10.5. The quantitative estimate of drug-likeness (QED) is 0.437. The van der Waals surface area contributed by atoms with Crippen LogP contribution in [0, 0.1) is 0 Å². The molecular formula is C11H27N5. The first kappa shape index (κ1) is 13.9. The molecule has 0 radical (unpaired) electrons. The molecule has 0 saturated carbocycles. The van der Waals surface area contributed by atoms with E-state index in [-0.39, 0.29) is 0 Å². The van der Waals surface area contributed by atoms with Crippen molar-refractivity contribution in [2.75, 3.05) is 72.5 Å². The molecule has 0 amide bonds. The maximum Gasteiger partial charge on any atom is 0.0110 e. The third-order valence-electron chi connectivity index (χ3n) is 3.07. The van der Waals surface area contributed by atoms with Crippen LogP contribution in [0.3, 0.4) is 0 Å². The van der Waals surface area contributed by atoms with Crippen molar-refractivity contribution in [2.24, 2.45) is 5.73 Å². The number of hydrogen-bond donors (Lipinski definition) is 3. The van der Waals surface area contributed by atoms with Crippen molar-refractivity contribution in [2.45, 2.75) is 0 Å². The fourth-order valence-electron chi connectivity index (χ4n) is 1.99. The first-order valence-electron chi connectivity index (χ1n) is 6.37. The molecule has 0 bridgehead atoms. The molecule has 0 spiro atoms. The van der Waals surface area contributed by atoms with Gasteiger partial charge in [-0.2, -0.15) is 0 Å². The summed E-state index contributed by atoms with van der Waals surface area (Å²) in [7, 11) is 1.98. The first-order valence-corrected chi connectivity index (χ1v) is 6.37. The van der Waals surface area contributed by atoms with Gasteiger partial charge in [0.05, 0.1) is 0 Å². The van der Waals surface area contributed by atoms with E-state index in [1.165, 1.54) is 32.7 Å². The van der Waals surface area contributed by atoms with Crippen molar-refractivity contribution >= 4 is 0 Å². The summed E-state index contributed by atoms with van der Waals surface area (Å²) in [6, 6.07) is 0. The SMILES string of the molecule is CNCCNCCN1CCN(CCN)CC1. The Bertz CT molecular complexity index is 156. The zero-order chi connectivity index (χ0) is 11.6. The van der Waals surface area contributed by atoms with E-state index < -0.39 is 0 Å². The van der Waals surface area contributed by atoms with Gasteiger partial charge in [-0.25, -0.2) is 0 Å².